The Kier molecular flexibility index (Phi) is 9.21. The second-order valence-corrected chi connectivity index (χ2v) is 8.67. The third-order valence-corrected chi connectivity index (χ3v) is 5.75. The lowest BCUT2D eigenvalue weighted by Crippen LogP contribution is -2.62. The normalized spacial score (nSPS) is 14.8. The number of alkyl halides is 18. The molecule has 0 aliphatic rings. The van der Waals surface area contributed by atoms with Crippen LogP contribution in [-0.2, 0) is 27.7 Å². The van der Waals surface area contributed by atoms with E-state index < -0.39 is 81.7 Å². The zero-order chi connectivity index (χ0) is 30.3. The van der Waals surface area contributed by atoms with Gasteiger partial charge in [-0.15, -0.1) is 0 Å². The first-order valence-electron chi connectivity index (χ1n) is 7.95. The van der Waals surface area contributed by atoms with E-state index in [2.05, 4.69) is 13.3 Å². The SMILES string of the molecule is O=C(O[Si](CCC(F)(F)C(F)(F)C(F)(F)C(F)(F)F)(OC(=O)C(F)(F)F)OC(=O)C(F)(F)F)C(F)(F)F. The van der Waals surface area contributed by atoms with Crippen molar-refractivity contribution in [1.29, 1.82) is 0 Å². The van der Waals surface area contributed by atoms with Crippen molar-refractivity contribution in [3.63, 3.8) is 0 Å². The van der Waals surface area contributed by atoms with Crippen molar-refractivity contribution < 1.29 is 107 Å². The lowest BCUT2D eigenvalue weighted by molar-refractivity contribution is -0.396. The van der Waals surface area contributed by atoms with Crippen molar-refractivity contribution in [2.75, 3.05) is 0 Å². The highest BCUT2D eigenvalue weighted by Gasteiger charge is 2.82. The molecule has 218 valence electrons. The van der Waals surface area contributed by atoms with Crippen LogP contribution in [-0.4, -0.2) is 69.2 Å². The van der Waals surface area contributed by atoms with Crippen molar-refractivity contribution in [3.05, 3.63) is 0 Å². The molecule has 0 aromatic rings. The molecule has 0 amide bonds. The Morgan fingerprint density at radius 3 is 0.973 bits per heavy atom. The predicted octanol–water partition coefficient (Wildman–Crippen LogP) is 5.10. The molecule has 0 bridgehead atoms. The Bertz CT molecular complexity index is 799. The lowest BCUT2D eigenvalue weighted by atomic mass is 10.0. The Morgan fingerprint density at radius 1 is 0.486 bits per heavy atom. The predicted molar refractivity (Wildman–Crippen MR) is 72.5 cm³/mol. The Morgan fingerprint density at radius 2 is 0.757 bits per heavy atom. The number of hydrogen-bond acceptors (Lipinski definition) is 6. The minimum atomic E-state index is -7.71. The molecule has 0 unspecified atom stereocenters. The van der Waals surface area contributed by atoms with Crippen LogP contribution in [0, 0.1) is 0 Å². The van der Waals surface area contributed by atoms with E-state index >= 15 is 0 Å². The Labute approximate surface area is 189 Å². The summed E-state index contributed by atoms with van der Waals surface area (Å²) in [5, 5.41) is 0. The molecule has 0 radical (unpaired) electrons. The van der Waals surface area contributed by atoms with Crippen molar-refractivity contribution in [1.82, 2.24) is 0 Å². The van der Waals surface area contributed by atoms with Gasteiger partial charge in [0.15, 0.2) is 0 Å². The van der Waals surface area contributed by atoms with Crippen LogP contribution in [0.2, 0.25) is 6.04 Å². The van der Waals surface area contributed by atoms with Gasteiger partial charge in [0, 0.05) is 6.42 Å². The van der Waals surface area contributed by atoms with Crippen molar-refractivity contribution in [3.8, 4) is 0 Å². The van der Waals surface area contributed by atoms with Gasteiger partial charge in [-0.1, -0.05) is 0 Å². The monoisotopic (exact) mass is 614 g/mol. The van der Waals surface area contributed by atoms with Crippen molar-refractivity contribution in [2.24, 2.45) is 0 Å². The summed E-state index contributed by atoms with van der Waals surface area (Å²) in [5.41, 5.74) is 0. The van der Waals surface area contributed by atoms with Gasteiger partial charge in [0.25, 0.3) is 0 Å². The van der Waals surface area contributed by atoms with Crippen molar-refractivity contribution in [2.45, 2.75) is 54.9 Å². The number of carbonyl (C=O) groups excluding carboxylic acids is 3. The van der Waals surface area contributed by atoms with Crippen LogP contribution >= 0.6 is 0 Å². The maximum absolute atomic E-state index is 13.7. The van der Waals surface area contributed by atoms with Crippen LogP contribution in [0.1, 0.15) is 6.42 Å². The topological polar surface area (TPSA) is 78.9 Å². The maximum Gasteiger partial charge on any atom is 0.706 e. The molecule has 0 rings (SSSR count). The van der Waals surface area contributed by atoms with E-state index in [-0.39, 0.29) is 0 Å². The smallest absolute Gasteiger partial charge is 0.448 e. The number of hydrogen-bond donors (Lipinski definition) is 0. The highest BCUT2D eigenvalue weighted by atomic mass is 28.4. The largest absolute Gasteiger partial charge is 0.706 e. The first-order chi connectivity index (χ1) is 15.8. The van der Waals surface area contributed by atoms with Gasteiger partial charge in [-0.05, 0) is 0 Å². The van der Waals surface area contributed by atoms with Crippen LogP contribution in [0.15, 0.2) is 0 Å². The van der Waals surface area contributed by atoms with Crippen LogP contribution in [0.3, 0.4) is 0 Å². The van der Waals surface area contributed by atoms with Gasteiger partial charge in [0.05, 0.1) is 6.04 Å². The first kappa shape index (κ1) is 34.4. The molecule has 0 saturated carbocycles. The fraction of sp³-hybridized carbons (Fsp3) is 0.750. The molecule has 0 aromatic heterocycles. The summed E-state index contributed by atoms with van der Waals surface area (Å²) in [6.07, 6.45) is -30.8. The average Bonchev–Trinajstić information content (AvgIpc) is 2.62. The molecule has 0 spiro atoms. The van der Waals surface area contributed by atoms with Crippen LogP contribution < -0.4 is 0 Å². The zero-order valence-electron chi connectivity index (χ0n) is 16.2. The van der Waals surface area contributed by atoms with Gasteiger partial charge < -0.3 is 13.3 Å². The highest BCUT2D eigenvalue weighted by molar-refractivity contribution is 6.66. The number of halogens is 18. The van der Waals surface area contributed by atoms with Crippen LogP contribution in [0.4, 0.5) is 79.0 Å². The summed E-state index contributed by atoms with van der Waals surface area (Å²) in [5.74, 6) is -34.5. The van der Waals surface area contributed by atoms with Crippen molar-refractivity contribution >= 4 is 26.7 Å². The van der Waals surface area contributed by atoms with E-state index in [1.165, 1.54) is 0 Å². The second-order valence-electron chi connectivity index (χ2n) is 6.20. The van der Waals surface area contributed by atoms with E-state index in [4.69, 9.17) is 0 Å². The Hall–Kier alpha value is -2.63. The van der Waals surface area contributed by atoms with Gasteiger partial charge in [0.1, 0.15) is 0 Å². The molecule has 0 saturated heterocycles. The molecular formula is C12H4F18O6Si. The third-order valence-electron chi connectivity index (χ3n) is 3.39. The van der Waals surface area contributed by atoms with Gasteiger partial charge in [-0.3, -0.25) is 0 Å². The molecule has 0 fully saturated rings. The minimum Gasteiger partial charge on any atom is -0.448 e. The first-order valence-corrected chi connectivity index (χ1v) is 9.88. The van der Waals surface area contributed by atoms with Gasteiger partial charge in [-0.25, -0.2) is 14.4 Å². The molecule has 0 heterocycles. The third kappa shape index (κ3) is 7.92. The molecule has 0 atom stereocenters. The summed E-state index contributed by atoms with van der Waals surface area (Å²) in [6, 6.07) is -3.28. The number of carbonyl (C=O) groups is 3. The summed E-state index contributed by atoms with van der Waals surface area (Å²) >= 11 is 0. The summed E-state index contributed by atoms with van der Waals surface area (Å²) in [7, 11) is -7.66. The molecule has 0 aromatic carbocycles. The molecular weight excluding hydrogens is 610 g/mol. The molecule has 37 heavy (non-hydrogen) atoms. The van der Waals surface area contributed by atoms with E-state index in [1.807, 2.05) is 0 Å². The van der Waals surface area contributed by atoms with Crippen LogP contribution in [0.5, 0.6) is 0 Å². The fourth-order valence-corrected chi connectivity index (χ4v) is 3.93. The molecule has 0 aliphatic heterocycles. The minimum absolute atomic E-state index is 2.90. The van der Waals surface area contributed by atoms with E-state index in [9.17, 15) is 93.4 Å². The maximum atomic E-state index is 13.7. The summed E-state index contributed by atoms with van der Waals surface area (Å²) in [4.78, 5) is 32.7. The molecule has 0 N–H and O–H groups in total. The quantitative estimate of drug-likeness (QED) is 0.280. The van der Waals surface area contributed by atoms with Gasteiger partial charge in [-0.2, -0.15) is 79.0 Å². The van der Waals surface area contributed by atoms with Gasteiger partial charge in [0.2, 0.25) is 0 Å². The van der Waals surface area contributed by atoms with E-state index in [1.54, 1.807) is 0 Å². The fourth-order valence-electron chi connectivity index (χ4n) is 1.69. The zero-order valence-corrected chi connectivity index (χ0v) is 17.2. The number of rotatable bonds is 8. The van der Waals surface area contributed by atoms with E-state index in [0.717, 1.165) is 0 Å². The Balaban J connectivity index is 6.80. The average molecular weight is 614 g/mol. The summed E-state index contributed by atoms with van der Waals surface area (Å²) < 4.78 is 236. The lowest BCUT2D eigenvalue weighted by Gasteiger charge is -2.35. The van der Waals surface area contributed by atoms with Crippen LogP contribution in [0.25, 0.3) is 0 Å². The van der Waals surface area contributed by atoms with Gasteiger partial charge >= 0.3 is 69.2 Å². The molecule has 6 nitrogen and oxygen atoms in total. The standard InChI is InChI=1S/C12H4F18O6Si/c13-6(14,10(24,25)11(26,27)12(28,29)30)1-2-37(34-3(31)7(15,16)17,35-4(32)8(18,19)20)36-5(33)9(21,22)23/h1-2H2. The second kappa shape index (κ2) is 9.92. The molecule has 25 heteroatoms. The molecule has 0 aliphatic carbocycles. The van der Waals surface area contributed by atoms with E-state index in [0.29, 0.717) is 0 Å². The summed E-state index contributed by atoms with van der Waals surface area (Å²) in [6.45, 7) is 0. The highest BCUT2D eigenvalue weighted by Crippen LogP contribution is 2.54.